The molecule has 0 radical (unpaired) electrons. The number of benzene rings is 2. The van der Waals surface area contributed by atoms with Crippen LogP contribution in [0.3, 0.4) is 0 Å². The Balaban J connectivity index is 1.61. The summed E-state index contributed by atoms with van der Waals surface area (Å²) >= 11 is 0. The smallest absolute Gasteiger partial charge is 0.223 e. The van der Waals surface area contributed by atoms with Gasteiger partial charge in [0.2, 0.25) is 5.91 Å². The number of nitrogens with one attached hydrogen (secondary N) is 1. The summed E-state index contributed by atoms with van der Waals surface area (Å²) in [5, 5.41) is 3.18. The summed E-state index contributed by atoms with van der Waals surface area (Å²) in [6.45, 7) is 2.57. The second kappa shape index (κ2) is 8.13. The normalized spacial score (nSPS) is 16.2. The van der Waals surface area contributed by atoms with Crippen LogP contribution in [0, 0.1) is 11.7 Å². The highest BCUT2D eigenvalue weighted by Gasteiger charge is 2.24. The number of carbonyl (C=O) groups is 1. The fraction of sp³-hybridized carbons (Fsp3) is 0.391. The zero-order valence-electron chi connectivity index (χ0n) is 16.2. The Labute approximate surface area is 164 Å². The predicted octanol–water partition coefficient (Wildman–Crippen LogP) is 4.98. The lowest BCUT2D eigenvalue weighted by Gasteiger charge is -2.23. The van der Waals surface area contributed by atoms with Crippen LogP contribution in [0.2, 0.25) is 0 Å². The zero-order chi connectivity index (χ0) is 19.5. The molecule has 5 heteroatoms. The molecule has 1 fully saturated rings. The fourth-order valence-corrected chi connectivity index (χ4v) is 4.12. The highest BCUT2D eigenvalue weighted by atomic mass is 19.1. The molecule has 0 bridgehead atoms. The van der Waals surface area contributed by atoms with Crippen LogP contribution in [0.5, 0.6) is 0 Å². The van der Waals surface area contributed by atoms with Gasteiger partial charge in [0.05, 0.1) is 17.1 Å². The molecule has 4 rings (SSSR count). The van der Waals surface area contributed by atoms with Gasteiger partial charge in [-0.25, -0.2) is 9.37 Å². The lowest BCUT2D eigenvalue weighted by Crippen LogP contribution is -2.35. The minimum Gasteiger partial charge on any atom is -0.346 e. The van der Waals surface area contributed by atoms with E-state index in [0.29, 0.717) is 6.54 Å². The average molecular weight is 379 g/mol. The molecule has 1 N–H and O–H groups in total. The number of nitrogens with zero attached hydrogens (tertiary/aromatic N) is 2. The van der Waals surface area contributed by atoms with Crippen molar-refractivity contribution < 1.29 is 9.18 Å². The van der Waals surface area contributed by atoms with E-state index < -0.39 is 0 Å². The van der Waals surface area contributed by atoms with Crippen molar-refractivity contribution in [2.45, 2.75) is 51.6 Å². The Morgan fingerprint density at radius 3 is 2.61 bits per heavy atom. The lowest BCUT2D eigenvalue weighted by molar-refractivity contribution is -0.126. The Morgan fingerprint density at radius 1 is 1.14 bits per heavy atom. The first kappa shape index (κ1) is 18.7. The van der Waals surface area contributed by atoms with E-state index in [1.807, 2.05) is 31.2 Å². The number of amides is 1. The first-order chi connectivity index (χ1) is 13.6. The van der Waals surface area contributed by atoms with Gasteiger partial charge in [0.1, 0.15) is 11.6 Å². The van der Waals surface area contributed by atoms with Crippen LogP contribution in [0.1, 0.15) is 56.5 Å². The van der Waals surface area contributed by atoms with Crippen molar-refractivity contribution in [3.63, 3.8) is 0 Å². The molecular weight excluding hydrogens is 353 g/mol. The number of aromatic nitrogens is 2. The number of fused-ring (bicyclic) bond motifs is 1. The molecular formula is C23H26FN3O. The van der Waals surface area contributed by atoms with Crippen molar-refractivity contribution in [1.29, 1.82) is 0 Å². The quantitative estimate of drug-likeness (QED) is 0.679. The van der Waals surface area contributed by atoms with E-state index in [1.165, 1.54) is 18.6 Å². The van der Waals surface area contributed by atoms with Crippen molar-refractivity contribution in [3.05, 3.63) is 65.7 Å². The first-order valence-electron chi connectivity index (χ1n) is 10.1. The number of rotatable bonds is 5. The largest absolute Gasteiger partial charge is 0.346 e. The maximum absolute atomic E-state index is 13.3. The topological polar surface area (TPSA) is 46.9 Å². The molecule has 1 atom stereocenters. The minimum atomic E-state index is -0.243. The second-order valence-electron chi connectivity index (χ2n) is 7.74. The third kappa shape index (κ3) is 3.93. The number of hydrogen-bond acceptors (Lipinski definition) is 2. The summed E-state index contributed by atoms with van der Waals surface area (Å²) in [5.41, 5.74) is 2.91. The molecule has 0 spiro atoms. The Kier molecular flexibility index (Phi) is 5.42. The number of para-hydroxylation sites is 2. The Morgan fingerprint density at radius 2 is 1.86 bits per heavy atom. The minimum absolute atomic E-state index is 0.117. The first-order valence-corrected chi connectivity index (χ1v) is 10.1. The highest BCUT2D eigenvalue weighted by molar-refractivity contribution is 5.80. The van der Waals surface area contributed by atoms with Gasteiger partial charge >= 0.3 is 0 Å². The van der Waals surface area contributed by atoms with E-state index in [1.54, 1.807) is 12.1 Å². The molecule has 1 heterocycles. The van der Waals surface area contributed by atoms with Gasteiger partial charge in [-0.2, -0.15) is 0 Å². The summed E-state index contributed by atoms with van der Waals surface area (Å²) in [7, 11) is 0. The molecule has 1 aliphatic rings. The van der Waals surface area contributed by atoms with Crippen LogP contribution >= 0.6 is 0 Å². The molecule has 1 aliphatic carbocycles. The number of imidazole rings is 1. The molecule has 4 nitrogen and oxygen atoms in total. The van der Waals surface area contributed by atoms with Gasteiger partial charge in [0.15, 0.2) is 0 Å². The SMILES string of the molecule is CC(NC(=O)C1CCCCC1)c1nc2ccccc2n1Cc1ccc(F)cc1. The van der Waals surface area contributed by atoms with Crippen molar-refractivity contribution >= 4 is 16.9 Å². The van der Waals surface area contributed by atoms with Crippen molar-refractivity contribution in [2.75, 3.05) is 0 Å². The summed E-state index contributed by atoms with van der Waals surface area (Å²) < 4.78 is 15.4. The summed E-state index contributed by atoms with van der Waals surface area (Å²) in [4.78, 5) is 17.5. The summed E-state index contributed by atoms with van der Waals surface area (Å²) in [6, 6.07) is 14.3. The van der Waals surface area contributed by atoms with Crippen LogP contribution in [-0.2, 0) is 11.3 Å². The zero-order valence-corrected chi connectivity index (χ0v) is 16.2. The third-order valence-electron chi connectivity index (χ3n) is 5.66. The lowest BCUT2D eigenvalue weighted by atomic mass is 9.88. The molecule has 2 aromatic carbocycles. The van der Waals surface area contributed by atoms with Gasteiger partial charge in [0.25, 0.3) is 0 Å². The van der Waals surface area contributed by atoms with Crippen molar-refractivity contribution in [3.8, 4) is 0 Å². The molecule has 1 unspecified atom stereocenters. The molecule has 1 amide bonds. The summed E-state index contributed by atoms with van der Waals surface area (Å²) in [6.07, 6.45) is 5.45. The average Bonchev–Trinajstić information content (AvgIpc) is 3.09. The molecule has 1 saturated carbocycles. The van der Waals surface area contributed by atoms with Crippen LogP contribution in [0.25, 0.3) is 11.0 Å². The molecule has 28 heavy (non-hydrogen) atoms. The predicted molar refractivity (Wildman–Crippen MR) is 108 cm³/mol. The summed E-state index contributed by atoms with van der Waals surface area (Å²) in [5.74, 6) is 0.834. The Bertz CT molecular complexity index is 958. The van der Waals surface area contributed by atoms with Crippen molar-refractivity contribution in [1.82, 2.24) is 14.9 Å². The van der Waals surface area contributed by atoms with Crippen LogP contribution in [0.15, 0.2) is 48.5 Å². The fourth-order valence-electron chi connectivity index (χ4n) is 4.12. The third-order valence-corrected chi connectivity index (χ3v) is 5.66. The number of hydrogen-bond donors (Lipinski definition) is 1. The standard InChI is InChI=1S/C23H26FN3O/c1-16(25-23(28)18-7-3-2-4-8-18)22-26-20-9-5-6-10-21(20)27(22)15-17-11-13-19(24)14-12-17/h5-6,9-14,16,18H,2-4,7-8,15H2,1H3,(H,25,28). The van der Waals surface area contributed by atoms with Gasteiger partial charge in [-0.1, -0.05) is 43.5 Å². The Hall–Kier alpha value is -2.69. The maximum atomic E-state index is 13.3. The second-order valence-corrected chi connectivity index (χ2v) is 7.74. The van der Waals surface area contributed by atoms with E-state index in [4.69, 9.17) is 4.98 Å². The molecule has 3 aromatic rings. The van der Waals surface area contributed by atoms with E-state index in [2.05, 4.69) is 9.88 Å². The number of halogens is 1. The molecule has 0 aliphatic heterocycles. The van der Waals surface area contributed by atoms with Crippen LogP contribution in [-0.4, -0.2) is 15.5 Å². The monoisotopic (exact) mass is 379 g/mol. The van der Waals surface area contributed by atoms with Gasteiger partial charge in [-0.05, 0) is 49.6 Å². The van der Waals surface area contributed by atoms with Gasteiger partial charge < -0.3 is 9.88 Å². The molecule has 146 valence electrons. The van der Waals surface area contributed by atoms with E-state index in [-0.39, 0.29) is 23.7 Å². The van der Waals surface area contributed by atoms with E-state index in [9.17, 15) is 9.18 Å². The number of carbonyl (C=O) groups excluding carboxylic acids is 1. The van der Waals surface area contributed by atoms with Gasteiger partial charge in [-0.3, -0.25) is 4.79 Å². The van der Waals surface area contributed by atoms with Crippen LogP contribution in [0.4, 0.5) is 4.39 Å². The molecule has 0 saturated heterocycles. The van der Waals surface area contributed by atoms with E-state index >= 15 is 0 Å². The van der Waals surface area contributed by atoms with Crippen LogP contribution < -0.4 is 5.32 Å². The van der Waals surface area contributed by atoms with Gasteiger partial charge in [0, 0.05) is 12.5 Å². The van der Waals surface area contributed by atoms with Gasteiger partial charge in [-0.15, -0.1) is 0 Å². The molecule has 1 aromatic heterocycles. The van der Waals surface area contributed by atoms with Crippen molar-refractivity contribution in [2.24, 2.45) is 5.92 Å². The highest BCUT2D eigenvalue weighted by Crippen LogP contribution is 2.26. The van der Waals surface area contributed by atoms with E-state index in [0.717, 1.165) is 48.1 Å². The maximum Gasteiger partial charge on any atom is 0.223 e.